The molecule has 3 heteroatoms. The van der Waals surface area contributed by atoms with Crippen molar-refractivity contribution in [2.75, 3.05) is 6.61 Å². The molecule has 3 nitrogen and oxygen atoms in total. The molecule has 0 fully saturated rings. The monoisotopic (exact) mass is 230 g/mol. The minimum absolute atomic E-state index is 0.265. The summed E-state index contributed by atoms with van der Waals surface area (Å²) in [5.74, 6) is -0.0542. The Morgan fingerprint density at radius 1 is 1.24 bits per heavy atom. The topological polar surface area (TPSA) is 46.5 Å². The summed E-state index contributed by atoms with van der Waals surface area (Å²) in [5.41, 5.74) is 1.32. The van der Waals surface area contributed by atoms with Crippen LogP contribution in [0.1, 0.15) is 22.8 Å². The van der Waals surface area contributed by atoms with Gasteiger partial charge in [0, 0.05) is 0 Å². The predicted octanol–water partition coefficient (Wildman–Crippen LogP) is 3.03. The van der Waals surface area contributed by atoms with Crippen LogP contribution in [-0.2, 0) is 4.74 Å². The molecule has 2 rings (SSSR count). The first kappa shape index (κ1) is 11.5. The molecule has 0 heterocycles. The van der Waals surface area contributed by atoms with Crippen molar-refractivity contribution in [2.45, 2.75) is 13.8 Å². The molecule has 0 atom stereocenters. The molecular formula is C14H14O3. The van der Waals surface area contributed by atoms with Gasteiger partial charge in [0.05, 0.1) is 12.2 Å². The van der Waals surface area contributed by atoms with E-state index in [0.717, 1.165) is 16.3 Å². The summed E-state index contributed by atoms with van der Waals surface area (Å²) in [7, 11) is 0. The van der Waals surface area contributed by atoms with Gasteiger partial charge in [-0.15, -0.1) is 0 Å². The Morgan fingerprint density at radius 3 is 2.71 bits per heavy atom. The first-order valence-electron chi connectivity index (χ1n) is 5.52. The summed E-state index contributed by atoms with van der Waals surface area (Å²) < 4.78 is 4.94. The molecule has 0 saturated heterocycles. The Balaban J connectivity index is 2.50. The summed E-state index contributed by atoms with van der Waals surface area (Å²) in [4.78, 5) is 11.6. The van der Waals surface area contributed by atoms with Gasteiger partial charge in [0.25, 0.3) is 0 Å². The zero-order valence-corrected chi connectivity index (χ0v) is 9.86. The van der Waals surface area contributed by atoms with E-state index in [0.29, 0.717) is 12.2 Å². The summed E-state index contributed by atoms with van der Waals surface area (Å²) in [6.45, 7) is 3.97. The number of rotatable bonds is 2. The number of benzene rings is 2. The van der Waals surface area contributed by atoms with Crippen molar-refractivity contribution in [3.05, 3.63) is 41.5 Å². The van der Waals surface area contributed by atoms with E-state index in [-0.39, 0.29) is 11.7 Å². The first-order valence-corrected chi connectivity index (χ1v) is 5.52. The van der Waals surface area contributed by atoms with E-state index in [1.54, 1.807) is 31.2 Å². The van der Waals surface area contributed by atoms with Crippen LogP contribution in [0.5, 0.6) is 5.75 Å². The zero-order chi connectivity index (χ0) is 12.4. The minimum atomic E-state index is -0.319. The highest BCUT2D eigenvalue weighted by Gasteiger charge is 2.07. The lowest BCUT2D eigenvalue weighted by Crippen LogP contribution is -2.04. The van der Waals surface area contributed by atoms with Crippen LogP contribution in [0.4, 0.5) is 0 Å². The van der Waals surface area contributed by atoms with E-state index >= 15 is 0 Å². The number of aryl methyl sites for hydroxylation is 1. The fourth-order valence-corrected chi connectivity index (χ4v) is 1.74. The molecule has 2 aromatic rings. The third kappa shape index (κ3) is 2.23. The van der Waals surface area contributed by atoms with Crippen molar-refractivity contribution in [1.82, 2.24) is 0 Å². The molecule has 1 N–H and O–H groups in total. The minimum Gasteiger partial charge on any atom is -0.508 e. The molecule has 0 aliphatic rings. The maximum Gasteiger partial charge on any atom is 0.338 e. The van der Waals surface area contributed by atoms with Crippen molar-refractivity contribution < 1.29 is 14.6 Å². The number of hydrogen-bond acceptors (Lipinski definition) is 3. The van der Waals surface area contributed by atoms with E-state index in [2.05, 4.69) is 0 Å². The third-order valence-electron chi connectivity index (χ3n) is 2.67. The standard InChI is InChI=1S/C14H14O3/c1-3-17-14(16)11-5-4-10-8-13(15)9(2)6-12(10)7-11/h4-8,15H,3H2,1-2H3. The number of fused-ring (bicyclic) bond motifs is 1. The molecule has 0 spiro atoms. The molecule has 0 aromatic heterocycles. The largest absolute Gasteiger partial charge is 0.508 e. The van der Waals surface area contributed by atoms with E-state index < -0.39 is 0 Å². The van der Waals surface area contributed by atoms with Crippen LogP contribution in [0.15, 0.2) is 30.3 Å². The second kappa shape index (κ2) is 4.45. The lowest BCUT2D eigenvalue weighted by molar-refractivity contribution is 0.0526. The highest BCUT2D eigenvalue weighted by Crippen LogP contribution is 2.25. The molecular weight excluding hydrogens is 216 g/mol. The fraction of sp³-hybridized carbons (Fsp3) is 0.214. The number of carbonyl (C=O) groups excluding carboxylic acids is 1. The number of hydrogen-bond donors (Lipinski definition) is 1. The third-order valence-corrected chi connectivity index (χ3v) is 2.67. The molecule has 0 unspecified atom stereocenters. The molecule has 0 aliphatic carbocycles. The molecule has 0 aliphatic heterocycles. The average Bonchev–Trinajstić information content (AvgIpc) is 2.30. The molecule has 2 aromatic carbocycles. The summed E-state index contributed by atoms with van der Waals surface area (Å²) in [6.07, 6.45) is 0. The number of phenolic OH excluding ortho intramolecular Hbond substituents is 1. The summed E-state index contributed by atoms with van der Waals surface area (Å²) in [5, 5.41) is 11.4. The summed E-state index contributed by atoms with van der Waals surface area (Å²) >= 11 is 0. The molecule has 0 saturated carbocycles. The molecule has 0 radical (unpaired) electrons. The van der Waals surface area contributed by atoms with E-state index in [4.69, 9.17) is 4.74 Å². The van der Waals surface area contributed by atoms with Crippen LogP contribution >= 0.6 is 0 Å². The van der Waals surface area contributed by atoms with Gasteiger partial charge < -0.3 is 9.84 Å². The van der Waals surface area contributed by atoms with Crippen LogP contribution in [0.2, 0.25) is 0 Å². The fourth-order valence-electron chi connectivity index (χ4n) is 1.74. The van der Waals surface area contributed by atoms with Crippen molar-refractivity contribution in [3.63, 3.8) is 0 Å². The maximum atomic E-state index is 11.6. The van der Waals surface area contributed by atoms with Gasteiger partial charge in [-0.05, 0) is 54.4 Å². The number of aromatic hydroxyl groups is 1. The van der Waals surface area contributed by atoms with Gasteiger partial charge in [-0.2, -0.15) is 0 Å². The Hall–Kier alpha value is -2.03. The van der Waals surface area contributed by atoms with Gasteiger partial charge in [0.2, 0.25) is 0 Å². The van der Waals surface area contributed by atoms with Crippen LogP contribution < -0.4 is 0 Å². The van der Waals surface area contributed by atoms with Crippen LogP contribution in [0.25, 0.3) is 10.8 Å². The number of phenols is 1. The molecule has 88 valence electrons. The smallest absolute Gasteiger partial charge is 0.338 e. The highest BCUT2D eigenvalue weighted by molar-refractivity contribution is 5.96. The second-order valence-electron chi connectivity index (χ2n) is 3.92. The van der Waals surface area contributed by atoms with Gasteiger partial charge in [-0.25, -0.2) is 4.79 Å². The van der Waals surface area contributed by atoms with Crippen LogP contribution in [-0.4, -0.2) is 17.7 Å². The van der Waals surface area contributed by atoms with Crippen LogP contribution in [0, 0.1) is 6.92 Å². The Bertz CT molecular complexity index is 573. The van der Waals surface area contributed by atoms with Gasteiger partial charge in [0.1, 0.15) is 5.75 Å². The Kier molecular flexibility index (Phi) is 3.00. The number of ether oxygens (including phenoxy) is 1. The van der Waals surface area contributed by atoms with E-state index in [9.17, 15) is 9.90 Å². The van der Waals surface area contributed by atoms with Gasteiger partial charge in [-0.3, -0.25) is 0 Å². The highest BCUT2D eigenvalue weighted by atomic mass is 16.5. The molecule has 0 amide bonds. The molecule has 0 bridgehead atoms. The SMILES string of the molecule is CCOC(=O)c1ccc2cc(O)c(C)cc2c1. The summed E-state index contributed by atoms with van der Waals surface area (Å²) in [6, 6.07) is 8.84. The molecule has 17 heavy (non-hydrogen) atoms. The number of carbonyl (C=O) groups is 1. The predicted molar refractivity (Wildman–Crippen MR) is 66.3 cm³/mol. The second-order valence-corrected chi connectivity index (χ2v) is 3.92. The quantitative estimate of drug-likeness (QED) is 0.806. The van der Waals surface area contributed by atoms with E-state index in [1.807, 2.05) is 13.0 Å². The van der Waals surface area contributed by atoms with Crippen molar-refractivity contribution in [3.8, 4) is 5.75 Å². The average molecular weight is 230 g/mol. The number of esters is 1. The maximum absolute atomic E-state index is 11.6. The first-order chi connectivity index (χ1) is 8.11. The van der Waals surface area contributed by atoms with Crippen molar-refractivity contribution in [2.24, 2.45) is 0 Å². The van der Waals surface area contributed by atoms with Gasteiger partial charge in [-0.1, -0.05) is 6.07 Å². The van der Waals surface area contributed by atoms with Gasteiger partial charge in [0.15, 0.2) is 0 Å². The Labute approximate surface area is 99.6 Å². The zero-order valence-electron chi connectivity index (χ0n) is 9.86. The van der Waals surface area contributed by atoms with Crippen molar-refractivity contribution >= 4 is 16.7 Å². The van der Waals surface area contributed by atoms with Crippen molar-refractivity contribution in [1.29, 1.82) is 0 Å². The normalized spacial score (nSPS) is 10.5. The lowest BCUT2D eigenvalue weighted by Gasteiger charge is -2.05. The van der Waals surface area contributed by atoms with E-state index in [1.165, 1.54) is 0 Å². The van der Waals surface area contributed by atoms with Gasteiger partial charge >= 0.3 is 5.97 Å². The Morgan fingerprint density at radius 2 is 2.00 bits per heavy atom. The lowest BCUT2D eigenvalue weighted by atomic mass is 10.0. The van der Waals surface area contributed by atoms with Crippen LogP contribution in [0.3, 0.4) is 0 Å².